The molecule has 0 aliphatic carbocycles. The van der Waals surface area contributed by atoms with E-state index >= 15 is 0 Å². The van der Waals surface area contributed by atoms with Crippen LogP contribution in [0.25, 0.3) is 22.2 Å². The third-order valence-corrected chi connectivity index (χ3v) is 6.87. The van der Waals surface area contributed by atoms with Gasteiger partial charge in [0, 0.05) is 30.1 Å². The molecule has 30 heavy (non-hydrogen) atoms. The number of para-hydroxylation sites is 1. The maximum absolute atomic E-state index is 13.2. The average molecular weight is 424 g/mol. The molecule has 7 heteroatoms. The Morgan fingerprint density at radius 1 is 1.07 bits per heavy atom. The van der Waals surface area contributed by atoms with E-state index in [2.05, 4.69) is 5.32 Å². The molecule has 2 heterocycles. The number of benzene rings is 2. The maximum Gasteiger partial charge on any atom is 0.252 e. The van der Waals surface area contributed by atoms with Gasteiger partial charge in [-0.05, 0) is 31.9 Å². The Hall–Kier alpha value is -2.77. The summed E-state index contributed by atoms with van der Waals surface area (Å²) < 4.78 is 24.9. The number of sulfonamides is 1. The molecule has 1 saturated heterocycles. The Balaban J connectivity index is 1.61. The van der Waals surface area contributed by atoms with Crippen LogP contribution < -0.4 is 5.32 Å². The van der Waals surface area contributed by atoms with E-state index in [-0.39, 0.29) is 11.9 Å². The summed E-state index contributed by atoms with van der Waals surface area (Å²) in [5.41, 5.74) is 4.24. The van der Waals surface area contributed by atoms with Crippen molar-refractivity contribution in [1.82, 2.24) is 14.6 Å². The second-order valence-corrected chi connectivity index (χ2v) is 9.83. The van der Waals surface area contributed by atoms with Gasteiger partial charge < -0.3 is 5.32 Å². The average Bonchev–Trinajstić information content (AvgIpc) is 2.73. The molecule has 3 aromatic rings. The van der Waals surface area contributed by atoms with Crippen molar-refractivity contribution in [1.29, 1.82) is 0 Å². The van der Waals surface area contributed by atoms with Crippen molar-refractivity contribution in [3.8, 4) is 11.3 Å². The van der Waals surface area contributed by atoms with E-state index < -0.39 is 10.0 Å². The first kappa shape index (κ1) is 20.5. The smallest absolute Gasteiger partial charge is 0.252 e. The number of nitrogens with one attached hydrogen (secondary N) is 1. The molecule has 0 saturated carbocycles. The lowest BCUT2D eigenvalue weighted by molar-refractivity contribution is 0.0925. The van der Waals surface area contributed by atoms with Crippen LogP contribution in [0.3, 0.4) is 0 Å². The van der Waals surface area contributed by atoms with Gasteiger partial charge >= 0.3 is 0 Å². The lowest BCUT2D eigenvalue weighted by atomic mass is 10.0. The SMILES string of the molecule is Cc1ccc(-c2cc(C(=O)NC3CCN(S(C)(=O)=O)CC3)c3ccccc3n2)cc1. The van der Waals surface area contributed by atoms with Gasteiger partial charge in [0.15, 0.2) is 0 Å². The number of hydrogen-bond acceptors (Lipinski definition) is 4. The predicted octanol–water partition coefficient (Wildman–Crippen LogP) is 3.36. The lowest BCUT2D eigenvalue weighted by Crippen LogP contribution is -2.46. The summed E-state index contributed by atoms with van der Waals surface area (Å²) in [6.07, 6.45) is 2.43. The van der Waals surface area contributed by atoms with Gasteiger partial charge in [-0.15, -0.1) is 0 Å². The third kappa shape index (κ3) is 4.37. The minimum absolute atomic E-state index is 0.0507. The number of piperidine rings is 1. The fourth-order valence-electron chi connectivity index (χ4n) is 3.83. The van der Waals surface area contributed by atoms with Crippen LogP contribution in [0, 0.1) is 6.92 Å². The molecule has 0 atom stereocenters. The molecule has 1 aliphatic rings. The van der Waals surface area contributed by atoms with Crippen LogP contribution in [-0.2, 0) is 10.0 Å². The monoisotopic (exact) mass is 423 g/mol. The minimum atomic E-state index is -3.19. The van der Waals surface area contributed by atoms with E-state index in [0.717, 1.165) is 27.7 Å². The maximum atomic E-state index is 13.2. The Labute approximate surface area is 177 Å². The molecular weight excluding hydrogens is 398 g/mol. The fraction of sp³-hybridized carbons (Fsp3) is 0.304. The van der Waals surface area contributed by atoms with Gasteiger partial charge in [0.25, 0.3) is 5.91 Å². The van der Waals surface area contributed by atoms with Gasteiger partial charge in [0.2, 0.25) is 10.0 Å². The van der Waals surface area contributed by atoms with Crippen molar-refractivity contribution in [2.45, 2.75) is 25.8 Å². The highest BCUT2D eigenvalue weighted by Gasteiger charge is 2.26. The number of nitrogens with zero attached hydrogens (tertiary/aromatic N) is 2. The number of amides is 1. The standard InChI is InChI=1S/C23H25N3O3S/c1-16-7-9-17(10-8-16)22-15-20(19-5-3-4-6-21(19)25-22)23(27)24-18-11-13-26(14-12-18)30(2,28)29/h3-10,15,18H,11-14H2,1-2H3,(H,24,27). The van der Waals surface area contributed by atoms with Crippen molar-refractivity contribution in [2.24, 2.45) is 0 Å². The zero-order chi connectivity index (χ0) is 21.3. The Morgan fingerprint density at radius 2 is 1.73 bits per heavy atom. The number of aryl methyl sites for hydroxylation is 1. The quantitative estimate of drug-likeness (QED) is 0.698. The van der Waals surface area contributed by atoms with Gasteiger partial charge in [-0.2, -0.15) is 0 Å². The van der Waals surface area contributed by atoms with Crippen molar-refractivity contribution in [3.05, 3.63) is 65.7 Å². The number of hydrogen-bond donors (Lipinski definition) is 1. The van der Waals surface area contributed by atoms with Crippen LogP contribution in [0.5, 0.6) is 0 Å². The van der Waals surface area contributed by atoms with E-state index in [0.29, 0.717) is 31.5 Å². The van der Waals surface area contributed by atoms with Gasteiger partial charge in [-0.1, -0.05) is 48.0 Å². The van der Waals surface area contributed by atoms with Gasteiger partial charge in [0.05, 0.1) is 23.0 Å². The van der Waals surface area contributed by atoms with Crippen molar-refractivity contribution < 1.29 is 13.2 Å². The van der Waals surface area contributed by atoms with Gasteiger partial charge in [-0.3, -0.25) is 4.79 Å². The number of rotatable bonds is 4. The summed E-state index contributed by atoms with van der Waals surface area (Å²) in [4.78, 5) is 17.9. The number of pyridine rings is 1. The third-order valence-electron chi connectivity index (χ3n) is 5.57. The zero-order valence-electron chi connectivity index (χ0n) is 17.1. The zero-order valence-corrected chi connectivity index (χ0v) is 17.9. The van der Waals surface area contributed by atoms with Crippen LogP contribution in [0.2, 0.25) is 0 Å². The van der Waals surface area contributed by atoms with Gasteiger partial charge in [-0.25, -0.2) is 17.7 Å². The second kappa shape index (κ2) is 8.16. The molecule has 0 radical (unpaired) electrons. The fourth-order valence-corrected chi connectivity index (χ4v) is 4.70. The number of carbonyl (C=O) groups is 1. The highest BCUT2D eigenvalue weighted by molar-refractivity contribution is 7.88. The van der Waals surface area contributed by atoms with Gasteiger partial charge in [0.1, 0.15) is 0 Å². The summed E-state index contributed by atoms with van der Waals surface area (Å²) in [6.45, 7) is 2.89. The molecule has 6 nitrogen and oxygen atoms in total. The second-order valence-electron chi connectivity index (χ2n) is 7.85. The Morgan fingerprint density at radius 3 is 2.40 bits per heavy atom. The van der Waals surface area contributed by atoms with Crippen LogP contribution in [0.4, 0.5) is 0 Å². The molecule has 1 aromatic heterocycles. The molecule has 1 N–H and O–H groups in total. The predicted molar refractivity (Wildman–Crippen MR) is 119 cm³/mol. The van der Waals surface area contributed by atoms with E-state index in [4.69, 9.17) is 4.98 Å². The Kier molecular flexibility index (Phi) is 5.58. The molecule has 4 rings (SSSR count). The van der Waals surface area contributed by atoms with Crippen molar-refractivity contribution in [2.75, 3.05) is 19.3 Å². The highest BCUT2D eigenvalue weighted by atomic mass is 32.2. The number of fused-ring (bicyclic) bond motifs is 1. The van der Waals surface area contributed by atoms with Crippen molar-refractivity contribution in [3.63, 3.8) is 0 Å². The van der Waals surface area contributed by atoms with E-state index in [1.165, 1.54) is 10.6 Å². The van der Waals surface area contributed by atoms with E-state index in [1.54, 1.807) is 0 Å². The highest BCUT2D eigenvalue weighted by Crippen LogP contribution is 2.25. The molecular formula is C23H25N3O3S. The molecule has 156 valence electrons. The summed E-state index contributed by atoms with van der Waals surface area (Å²) in [5, 5.41) is 3.90. The topological polar surface area (TPSA) is 79.4 Å². The molecule has 0 bridgehead atoms. The molecule has 1 amide bonds. The van der Waals surface area contributed by atoms with E-state index in [1.807, 2.05) is 61.5 Å². The summed E-state index contributed by atoms with van der Waals surface area (Å²) in [5.74, 6) is -0.153. The minimum Gasteiger partial charge on any atom is -0.349 e. The largest absolute Gasteiger partial charge is 0.349 e. The van der Waals surface area contributed by atoms with Crippen LogP contribution in [-0.4, -0.2) is 49.0 Å². The van der Waals surface area contributed by atoms with Crippen molar-refractivity contribution >= 4 is 26.8 Å². The first-order valence-electron chi connectivity index (χ1n) is 10.0. The number of aromatic nitrogens is 1. The van der Waals surface area contributed by atoms with Crippen LogP contribution in [0.1, 0.15) is 28.8 Å². The molecule has 2 aromatic carbocycles. The first-order valence-corrected chi connectivity index (χ1v) is 11.9. The van der Waals surface area contributed by atoms with Crippen LogP contribution >= 0.6 is 0 Å². The van der Waals surface area contributed by atoms with Crippen LogP contribution in [0.15, 0.2) is 54.6 Å². The Bertz CT molecular complexity index is 1180. The lowest BCUT2D eigenvalue weighted by Gasteiger charge is -2.30. The normalized spacial score (nSPS) is 15.9. The first-order chi connectivity index (χ1) is 14.3. The molecule has 0 unspecified atom stereocenters. The number of carbonyl (C=O) groups excluding carboxylic acids is 1. The molecule has 0 spiro atoms. The summed E-state index contributed by atoms with van der Waals surface area (Å²) in [6, 6.07) is 17.5. The summed E-state index contributed by atoms with van der Waals surface area (Å²) >= 11 is 0. The van der Waals surface area contributed by atoms with E-state index in [9.17, 15) is 13.2 Å². The molecule has 1 aliphatic heterocycles. The summed E-state index contributed by atoms with van der Waals surface area (Å²) in [7, 11) is -3.19. The molecule has 1 fully saturated rings.